The lowest BCUT2D eigenvalue weighted by Gasteiger charge is -2.27. The topological polar surface area (TPSA) is 62.5 Å². The van der Waals surface area contributed by atoms with Crippen LogP contribution in [-0.4, -0.2) is 58.2 Å². The molecule has 0 radical (unpaired) electrons. The Bertz CT molecular complexity index is 604. The number of amides is 1. The summed E-state index contributed by atoms with van der Waals surface area (Å²) in [7, 11) is 1.70. The maximum atomic E-state index is 13.8. The van der Waals surface area contributed by atoms with Crippen molar-refractivity contribution in [3.05, 3.63) is 34.6 Å². The highest BCUT2D eigenvalue weighted by Crippen LogP contribution is 2.24. The van der Waals surface area contributed by atoms with Gasteiger partial charge in [0.25, 0.3) is 5.91 Å². The van der Waals surface area contributed by atoms with Gasteiger partial charge in [0.15, 0.2) is 5.69 Å². The number of halogens is 1. The maximum Gasteiger partial charge on any atom is 0.275 e. The predicted octanol–water partition coefficient (Wildman–Crippen LogP) is 1.82. The molecule has 3 rings (SSSR count). The lowest BCUT2D eigenvalue weighted by Crippen LogP contribution is -2.41. The molecule has 1 fully saturated rings. The molecule has 0 bridgehead atoms. The average Bonchev–Trinajstić information content (AvgIpc) is 3.22. The molecule has 2 atom stereocenters. The molecule has 1 saturated heterocycles. The SMILES string of the molecule is CN(C[C@@H]1C[C@H](F)CN1Cc1nccs1)C(=O)c1ccon1. The number of hydrogen-bond donors (Lipinski definition) is 0. The van der Waals surface area contributed by atoms with Crippen LogP contribution in [0.5, 0.6) is 0 Å². The van der Waals surface area contributed by atoms with Gasteiger partial charge in [-0.05, 0) is 6.42 Å². The quantitative estimate of drug-likeness (QED) is 0.839. The summed E-state index contributed by atoms with van der Waals surface area (Å²) in [6.45, 7) is 1.46. The summed E-state index contributed by atoms with van der Waals surface area (Å²) in [6, 6.07) is 1.51. The number of nitrogens with zero attached hydrogens (tertiary/aromatic N) is 4. The first-order valence-corrected chi connectivity index (χ1v) is 7.94. The normalized spacial score (nSPS) is 22.1. The molecular weight excluding hydrogens is 307 g/mol. The van der Waals surface area contributed by atoms with Gasteiger partial charge < -0.3 is 9.42 Å². The molecule has 0 aromatic carbocycles. The van der Waals surface area contributed by atoms with Crippen LogP contribution in [-0.2, 0) is 6.54 Å². The molecule has 1 amide bonds. The van der Waals surface area contributed by atoms with Crippen LogP contribution in [0, 0.1) is 0 Å². The Hall–Kier alpha value is -1.80. The van der Waals surface area contributed by atoms with Crippen LogP contribution in [0.1, 0.15) is 21.9 Å². The van der Waals surface area contributed by atoms with Crippen LogP contribution >= 0.6 is 11.3 Å². The number of hydrogen-bond acceptors (Lipinski definition) is 6. The van der Waals surface area contributed by atoms with E-state index in [0.717, 1.165) is 5.01 Å². The number of rotatable bonds is 5. The minimum atomic E-state index is -0.861. The van der Waals surface area contributed by atoms with E-state index in [1.807, 2.05) is 5.38 Å². The second kappa shape index (κ2) is 6.53. The Balaban J connectivity index is 1.63. The summed E-state index contributed by atoms with van der Waals surface area (Å²) in [5, 5.41) is 6.52. The third kappa shape index (κ3) is 3.33. The Labute approximate surface area is 131 Å². The Morgan fingerprint density at radius 2 is 2.50 bits per heavy atom. The lowest BCUT2D eigenvalue weighted by molar-refractivity contribution is 0.0739. The molecule has 6 nitrogen and oxygen atoms in total. The van der Waals surface area contributed by atoms with Gasteiger partial charge in [0.05, 0.1) is 6.54 Å². The molecule has 0 N–H and O–H groups in total. The van der Waals surface area contributed by atoms with Gasteiger partial charge in [0.2, 0.25) is 0 Å². The van der Waals surface area contributed by atoms with E-state index in [9.17, 15) is 9.18 Å². The first kappa shape index (κ1) is 15.1. The van der Waals surface area contributed by atoms with Gasteiger partial charge in [-0.3, -0.25) is 9.69 Å². The zero-order valence-electron chi connectivity index (χ0n) is 12.2. The van der Waals surface area contributed by atoms with Gasteiger partial charge in [0, 0.05) is 43.8 Å². The molecule has 0 aliphatic carbocycles. The Morgan fingerprint density at radius 1 is 1.64 bits per heavy atom. The van der Waals surface area contributed by atoms with Crippen LogP contribution in [0.15, 0.2) is 28.4 Å². The fourth-order valence-electron chi connectivity index (χ4n) is 2.73. The van der Waals surface area contributed by atoms with Gasteiger partial charge in [0.1, 0.15) is 17.4 Å². The summed E-state index contributed by atoms with van der Waals surface area (Å²) >= 11 is 1.56. The molecule has 8 heteroatoms. The minimum Gasteiger partial charge on any atom is -0.364 e. The van der Waals surface area contributed by atoms with Crippen LogP contribution < -0.4 is 0 Å². The smallest absolute Gasteiger partial charge is 0.275 e. The molecule has 3 heterocycles. The third-order valence-electron chi connectivity index (χ3n) is 3.79. The zero-order chi connectivity index (χ0) is 15.5. The second-order valence-corrected chi connectivity index (χ2v) is 6.39. The van der Waals surface area contributed by atoms with E-state index >= 15 is 0 Å². The summed E-state index contributed by atoms with van der Waals surface area (Å²) in [5.74, 6) is -0.217. The molecule has 0 spiro atoms. The van der Waals surface area contributed by atoms with E-state index < -0.39 is 6.17 Å². The largest absolute Gasteiger partial charge is 0.364 e. The lowest BCUT2D eigenvalue weighted by atomic mass is 10.2. The van der Waals surface area contributed by atoms with Crippen LogP contribution in [0.2, 0.25) is 0 Å². The summed E-state index contributed by atoms with van der Waals surface area (Å²) in [4.78, 5) is 20.0. The number of carbonyl (C=O) groups excluding carboxylic acids is 1. The fourth-order valence-corrected chi connectivity index (χ4v) is 3.37. The average molecular weight is 324 g/mol. The highest BCUT2D eigenvalue weighted by Gasteiger charge is 2.34. The van der Waals surface area contributed by atoms with Crippen molar-refractivity contribution in [3.63, 3.8) is 0 Å². The standard InChI is InChI=1S/C14H17FN4O2S/c1-18(14(20)12-2-4-21-17-12)8-11-6-10(15)7-19(11)9-13-16-3-5-22-13/h2-5,10-11H,6-9H2,1H3/t10-,11-/m0/s1. The van der Waals surface area contributed by atoms with Crippen molar-refractivity contribution in [2.45, 2.75) is 25.2 Å². The number of thiazole rings is 1. The number of carbonyl (C=O) groups is 1. The highest BCUT2D eigenvalue weighted by molar-refractivity contribution is 7.09. The second-order valence-electron chi connectivity index (χ2n) is 5.41. The maximum absolute atomic E-state index is 13.8. The van der Waals surface area contributed by atoms with Crippen molar-refractivity contribution in [1.82, 2.24) is 19.9 Å². The van der Waals surface area contributed by atoms with E-state index in [-0.39, 0.29) is 17.6 Å². The van der Waals surface area contributed by atoms with Gasteiger partial charge in [-0.25, -0.2) is 9.37 Å². The van der Waals surface area contributed by atoms with Crippen molar-refractivity contribution < 1.29 is 13.7 Å². The van der Waals surface area contributed by atoms with Crippen LogP contribution in [0.3, 0.4) is 0 Å². The van der Waals surface area contributed by atoms with Gasteiger partial charge >= 0.3 is 0 Å². The molecule has 1 aliphatic heterocycles. The van der Waals surface area contributed by atoms with Gasteiger partial charge in [-0.15, -0.1) is 11.3 Å². The Kier molecular flexibility index (Phi) is 4.49. The summed E-state index contributed by atoms with van der Waals surface area (Å²) in [5.41, 5.74) is 0.267. The summed E-state index contributed by atoms with van der Waals surface area (Å²) in [6.07, 6.45) is 2.68. The van der Waals surface area contributed by atoms with Crippen molar-refractivity contribution >= 4 is 17.2 Å². The number of likely N-dealkylation sites (N-methyl/N-ethyl adjacent to an activating group) is 1. The van der Waals surface area contributed by atoms with Crippen molar-refractivity contribution in [3.8, 4) is 0 Å². The third-order valence-corrected chi connectivity index (χ3v) is 4.55. The van der Waals surface area contributed by atoms with Crippen molar-refractivity contribution in [2.24, 2.45) is 0 Å². The van der Waals surface area contributed by atoms with Crippen LogP contribution in [0.4, 0.5) is 4.39 Å². The molecular formula is C14H17FN4O2S. The monoisotopic (exact) mass is 324 g/mol. The van der Waals surface area contributed by atoms with Gasteiger partial charge in [-0.2, -0.15) is 0 Å². The highest BCUT2D eigenvalue weighted by atomic mass is 32.1. The van der Waals surface area contributed by atoms with E-state index in [0.29, 0.717) is 26.1 Å². The zero-order valence-corrected chi connectivity index (χ0v) is 13.0. The van der Waals surface area contributed by atoms with Gasteiger partial charge in [-0.1, -0.05) is 5.16 Å². The molecule has 2 aromatic heterocycles. The van der Waals surface area contributed by atoms with E-state index in [1.54, 1.807) is 29.5 Å². The molecule has 0 unspecified atom stereocenters. The molecule has 118 valence electrons. The predicted molar refractivity (Wildman–Crippen MR) is 79.3 cm³/mol. The van der Waals surface area contributed by atoms with E-state index in [4.69, 9.17) is 0 Å². The molecule has 1 aliphatic rings. The number of likely N-dealkylation sites (tertiary alicyclic amines) is 1. The van der Waals surface area contributed by atoms with E-state index in [2.05, 4.69) is 19.6 Å². The van der Waals surface area contributed by atoms with E-state index in [1.165, 1.54) is 12.3 Å². The summed E-state index contributed by atoms with van der Waals surface area (Å²) < 4.78 is 18.5. The number of aromatic nitrogens is 2. The number of alkyl halides is 1. The minimum absolute atomic E-state index is 0.0141. The molecule has 2 aromatic rings. The van der Waals surface area contributed by atoms with Crippen molar-refractivity contribution in [2.75, 3.05) is 20.1 Å². The fraction of sp³-hybridized carbons (Fsp3) is 0.500. The first-order valence-electron chi connectivity index (χ1n) is 7.06. The molecule has 22 heavy (non-hydrogen) atoms. The van der Waals surface area contributed by atoms with Crippen molar-refractivity contribution in [1.29, 1.82) is 0 Å². The Morgan fingerprint density at radius 3 is 3.18 bits per heavy atom. The van der Waals surface area contributed by atoms with Crippen LogP contribution in [0.25, 0.3) is 0 Å². The molecule has 0 saturated carbocycles. The first-order chi connectivity index (χ1) is 10.6.